The number of ether oxygens (including phenoxy) is 2. The summed E-state index contributed by atoms with van der Waals surface area (Å²) in [5, 5.41) is 0. The summed E-state index contributed by atoms with van der Waals surface area (Å²) in [6.07, 6.45) is 2.08. The number of H-pyrrole nitrogens is 1. The number of hydrogen-bond acceptors (Lipinski definition) is 4. The van der Waals surface area contributed by atoms with Gasteiger partial charge in [-0.25, -0.2) is 9.18 Å². The summed E-state index contributed by atoms with van der Waals surface area (Å²) >= 11 is 0. The van der Waals surface area contributed by atoms with Gasteiger partial charge in [0.25, 0.3) is 0 Å². The van der Waals surface area contributed by atoms with Crippen LogP contribution in [-0.2, 0) is 11.3 Å². The third kappa shape index (κ3) is 4.25. The van der Waals surface area contributed by atoms with Crippen LogP contribution in [0.4, 0.5) is 4.39 Å². The van der Waals surface area contributed by atoms with Gasteiger partial charge in [-0.15, -0.1) is 0 Å². The van der Waals surface area contributed by atoms with Crippen LogP contribution in [0.3, 0.4) is 0 Å². The van der Waals surface area contributed by atoms with E-state index < -0.39 is 0 Å². The van der Waals surface area contributed by atoms with E-state index in [0.717, 1.165) is 71.7 Å². The highest BCUT2D eigenvalue weighted by Gasteiger charge is 2.21. The van der Waals surface area contributed by atoms with Crippen LogP contribution >= 0.6 is 0 Å². The van der Waals surface area contributed by atoms with Crippen LogP contribution in [0.5, 0.6) is 5.75 Å². The molecule has 6 nitrogen and oxygen atoms in total. The van der Waals surface area contributed by atoms with Gasteiger partial charge in [-0.05, 0) is 59.5 Å². The fourth-order valence-corrected chi connectivity index (χ4v) is 5.28. The van der Waals surface area contributed by atoms with Crippen LogP contribution < -0.4 is 10.4 Å². The number of hydrogen-bond donors (Lipinski definition) is 1. The van der Waals surface area contributed by atoms with E-state index in [-0.39, 0.29) is 17.5 Å². The Morgan fingerprint density at radius 2 is 1.89 bits per heavy atom. The van der Waals surface area contributed by atoms with E-state index in [4.69, 9.17) is 9.47 Å². The summed E-state index contributed by atoms with van der Waals surface area (Å²) in [7, 11) is 0. The van der Waals surface area contributed by atoms with Gasteiger partial charge in [-0.1, -0.05) is 30.3 Å². The predicted octanol–water partition coefficient (Wildman–Crippen LogP) is 4.84. The molecule has 1 fully saturated rings. The SMILES string of the molecule is C[C@H](CN1CCOCC1)n1c(=O)[nH]c2cc(/C=C3\c4ccccc4COc4cc(F)ccc43)ccc21. The zero-order valence-corrected chi connectivity index (χ0v) is 20.2. The topological polar surface area (TPSA) is 59.5 Å². The van der Waals surface area contributed by atoms with E-state index >= 15 is 0 Å². The zero-order valence-electron chi connectivity index (χ0n) is 20.2. The summed E-state index contributed by atoms with van der Waals surface area (Å²) in [4.78, 5) is 18.3. The predicted molar refractivity (Wildman–Crippen MR) is 139 cm³/mol. The molecule has 7 heteroatoms. The van der Waals surface area contributed by atoms with E-state index in [1.165, 1.54) is 12.1 Å². The van der Waals surface area contributed by atoms with Crippen LogP contribution in [0.25, 0.3) is 22.7 Å². The van der Waals surface area contributed by atoms with Crippen molar-refractivity contribution >= 4 is 22.7 Å². The third-order valence-corrected chi connectivity index (χ3v) is 7.04. The highest BCUT2D eigenvalue weighted by atomic mass is 19.1. The summed E-state index contributed by atoms with van der Waals surface area (Å²) in [5.74, 6) is 0.195. The first kappa shape index (κ1) is 22.8. The number of aromatic nitrogens is 2. The van der Waals surface area contributed by atoms with Crippen molar-refractivity contribution in [2.45, 2.75) is 19.6 Å². The molecule has 3 heterocycles. The molecule has 2 aliphatic heterocycles. The Labute approximate surface area is 208 Å². The van der Waals surface area contributed by atoms with Crippen molar-refractivity contribution in [3.8, 4) is 5.75 Å². The maximum absolute atomic E-state index is 14.0. The quantitative estimate of drug-likeness (QED) is 0.449. The van der Waals surface area contributed by atoms with Gasteiger partial charge < -0.3 is 14.5 Å². The molecule has 1 saturated heterocycles. The molecule has 1 aromatic heterocycles. The standard InChI is InChI=1S/C29H28FN3O3/c1-19(17-32-10-12-35-13-11-32)33-27-9-6-20(15-26(27)31-29(33)34)14-25-23-5-3-2-4-21(23)18-36-28-16-22(30)7-8-24(25)28/h2-9,14-16,19H,10-13,17-18H2,1H3,(H,31,34)/b25-14+/t19-/m1/s1. The van der Waals surface area contributed by atoms with Gasteiger partial charge in [0.2, 0.25) is 0 Å². The minimum absolute atomic E-state index is 0.0289. The monoisotopic (exact) mass is 485 g/mol. The molecule has 1 atom stereocenters. The molecule has 3 aromatic carbocycles. The van der Waals surface area contributed by atoms with E-state index in [9.17, 15) is 9.18 Å². The van der Waals surface area contributed by atoms with Gasteiger partial charge in [0.05, 0.1) is 24.2 Å². The number of benzene rings is 3. The number of fused-ring (bicyclic) bond motifs is 3. The summed E-state index contributed by atoms with van der Waals surface area (Å²) < 4.78 is 27.2. The Kier molecular flexibility index (Phi) is 5.95. The van der Waals surface area contributed by atoms with Crippen molar-refractivity contribution < 1.29 is 13.9 Å². The lowest BCUT2D eigenvalue weighted by Gasteiger charge is -2.29. The maximum Gasteiger partial charge on any atom is 0.326 e. The molecule has 0 spiro atoms. The summed E-state index contributed by atoms with van der Waals surface area (Å²) in [6.45, 7) is 6.49. The molecular formula is C29H28FN3O3. The Bertz CT molecular complexity index is 1510. The molecule has 0 aliphatic carbocycles. The van der Waals surface area contributed by atoms with E-state index in [1.54, 1.807) is 6.07 Å². The second-order valence-corrected chi connectivity index (χ2v) is 9.48. The first-order chi connectivity index (χ1) is 17.6. The lowest BCUT2D eigenvalue weighted by Crippen LogP contribution is -2.40. The highest BCUT2D eigenvalue weighted by Crippen LogP contribution is 2.38. The Morgan fingerprint density at radius 1 is 1.06 bits per heavy atom. The molecule has 0 amide bonds. The zero-order chi connectivity index (χ0) is 24.6. The fraction of sp³-hybridized carbons (Fsp3) is 0.276. The molecule has 1 N–H and O–H groups in total. The van der Waals surface area contributed by atoms with Crippen LogP contribution in [0.15, 0.2) is 65.5 Å². The summed E-state index contributed by atoms with van der Waals surface area (Å²) in [6, 6.07) is 18.8. The lowest BCUT2D eigenvalue weighted by molar-refractivity contribution is 0.0326. The number of nitrogens with one attached hydrogen (secondary N) is 1. The van der Waals surface area contributed by atoms with Crippen LogP contribution in [-0.4, -0.2) is 47.3 Å². The van der Waals surface area contributed by atoms with E-state index in [0.29, 0.717) is 12.4 Å². The lowest BCUT2D eigenvalue weighted by atomic mass is 9.92. The van der Waals surface area contributed by atoms with Crippen molar-refractivity contribution in [1.29, 1.82) is 0 Å². The van der Waals surface area contributed by atoms with Crippen molar-refractivity contribution in [3.63, 3.8) is 0 Å². The average Bonchev–Trinajstić information content (AvgIpc) is 3.14. The van der Waals surface area contributed by atoms with E-state index in [1.807, 2.05) is 41.0 Å². The minimum Gasteiger partial charge on any atom is -0.488 e. The Morgan fingerprint density at radius 3 is 2.75 bits per heavy atom. The second kappa shape index (κ2) is 9.41. The molecule has 184 valence electrons. The second-order valence-electron chi connectivity index (χ2n) is 9.48. The average molecular weight is 486 g/mol. The highest BCUT2D eigenvalue weighted by molar-refractivity contribution is 5.95. The van der Waals surface area contributed by atoms with Gasteiger partial charge in [-0.3, -0.25) is 9.47 Å². The molecule has 0 saturated carbocycles. The number of nitrogens with zero attached hydrogens (tertiary/aromatic N) is 2. The molecule has 4 aromatic rings. The molecule has 0 bridgehead atoms. The van der Waals surface area contributed by atoms with Gasteiger partial charge in [0.1, 0.15) is 18.2 Å². The molecule has 2 aliphatic rings. The summed E-state index contributed by atoms with van der Waals surface area (Å²) in [5.41, 5.74) is 6.40. The Hall–Kier alpha value is -3.68. The first-order valence-electron chi connectivity index (χ1n) is 12.3. The molecule has 0 radical (unpaired) electrons. The largest absolute Gasteiger partial charge is 0.488 e. The normalized spacial score (nSPS) is 17.9. The van der Waals surface area contributed by atoms with Crippen molar-refractivity contribution in [3.05, 3.63) is 99.2 Å². The number of aromatic amines is 1. The molecule has 6 rings (SSSR count). The van der Waals surface area contributed by atoms with Gasteiger partial charge in [0, 0.05) is 37.3 Å². The number of halogens is 1. The van der Waals surface area contributed by atoms with Crippen molar-refractivity contribution in [1.82, 2.24) is 14.5 Å². The van der Waals surface area contributed by atoms with Crippen LogP contribution in [0.2, 0.25) is 0 Å². The number of rotatable bonds is 4. The van der Waals surface area contributed by atoms with Crippen LogP contribution in [0, 0.1) is 5.82 Å². The number of imidazole rings is 1. The third-order valence-electron chi connectivity index (χ3n) is 7.04. The Balaban J connectivity index is 1.40. The molecular weight excluding hydrogens is 457 g/mol. The fourth-order valence-electron chi connectivity index (χ4n) is 5.28. The van der Waals surface area contributed by atoms with E-state index in [2.05, 4.69) is 29.0 Å². The van der Waals surface area contributed by atoms with Crippen molar-refractivity contribution in [2.24, 2.45) is 0 Å². The van der Waals surface area contributed by atoms with Crippen LogP contribution in [0.1, 0.15) is 35.2 Å². The van der Waals surface area contributed by atoms with Crippen molar-refractivity contribution in [2.75, 3.05) is 32.8 Å². The number of morpholine rings is 1. The van der Waals surface area contributed by atoms with Gasteiger partial charge >= 0.3 is 5.69 Å². The van der Waals surface area contributed by atoms with Gasteiger partial charge in [-0.2, -0.15) is 0 Å². The van der Waals surface area contributed by atoms with Gasteiger partial charge in [0.15, 0.2) is 0 Å². The first-order valence-corrected chi connectivity index (χ1v) is 12.3. The smallest absolute Gasteiger partial charge is 0.326 e. The maximum atomic E-state index is 14.0. The minimum atomic E-state index is -0.328. The molecule has 0 unspecified atom stereocenters. The molecule has 36 heavy (non-hydrogen) atoms.